The molecule has 0 saturated carbocycles. The molecular weight excluding hydrogens is 407 g/mol. The third-order valence-electron chi connectivity index (χ3n) is 3.69. The molecule has 0 unspecified atom stereocenters. The molecular formula is C18H18Cl2N4O2S. The minimum absolute atomic E-state index is 0.159. The van der Waals surface area contributed by atoms with Gasteiger partial charge in [-0.25, -0.2) is 0 Å². The third kappa shape index (κ3) is 5.29. The van der Waals surface area contributed by atoms with E-state index in [0.29, 0.717) is 40.6 Å². The highest BCUT2D eigenvalue weighted by molar-refractivity contribution is 7.13. The number of nitrogens with zero attached hydrogens (tertiary/aromatic N) is 3. The molecule has 1 aromatic carbocycles. The predicted octanol–water partition coefficient (Wildman–Crippen LogP) is 4.96. The summed E-state index contributed by atoms with van der Waals surface area (Å²) < 4.78 is 5.72. The summed E-state index contributed by atoms with van der Waals surface area (Å²) in [5.41, 5.74) is 0.417. The highest BCUT2D eigenvalue weighted by Gasteiger charge is 2.17. The van der Waals surface area contributed by atoms with Crippen LogP contribution >= 0.6 is 34.5 Å². The zero-order valence-electron chi connectivity index (χ0n) is 14.6. The van der Waals surface area contributed by atoms with Crippen LogP contribution in [-0.4, -0.2) is 34.1 Å². The van der Waals surface area contributed by atoms with Gasteiger partial charge in [0.05, 0.1) is 33.7 Å². The van der Waals surface area contributed by atoms with Gasteiger partial charge < -0.3 is 9.73 Å². The Bertz CT molecular complexity index is 878. The molecule has 3 rings (SSSR count). The lowest BCUT2D eigenvalue weighted by atomic mass is 10.3. The van der Waals surface area contributed by atoms with Crippen LogP contribution in [0.15, 0.2) is 40.1 Å². The van der Waals surface area contributed by atoms with Crippen LogP contribution in [0.2, 0.25) is 10.0 Å². The van der Waals surface area contributed by atoms with Crippen LogP contribution in [0.25, 0.3) is 10.8 Å². The molecule has 1 N–H and O–H groups in total. The molecule has 2 heterocycles. The van der Waals surface area contributed by atoms with E-state index in [0.717, 1.165) is 11.3 Å². The Labute approximate surface area is 171 Å². The number of hydrogen-bond donors (Lipinski definition) is 1. The fourth-order valence-electron chi connectivity index (χ4n) is 2.54. The monoisotopic (exact) mass is 424 g/mol. The van der Waals surface area contributed by atoms with Crippen molar-refractivity contribution in [2.75, 3.05) is 18.4 Å². The summed E-state index contributed by atoms with van der Waals surface area (Å²) >= 11 is 13.7. The number of thiophene rings is 1. The summed E-state index contributed by atoms with van der Waals surface area (Å²) in [5.74, 6) is 0.746. The van der Waals surface area contributed by atoms with Crippen molar-refractivity contribution in [2.24, 2.45) is 0 Å². The number of aromatic nitrogens is 2. The van der Waals surface area contributed by atoms with Gasteiger partial charge in [0.15, 0.2) is 0 Å². The first-order valence-electron chi connectivity index (χ1n) is 8.39. The largest absolute Gasteiger partial charge is 0.419 e. The Kier molecular flexibility index (Phi) is 6.84. The van der Waals surface area contributed by atoms with Crippen LogP contribution in [0, 0.1) is 0 Å². The van der Waals surface area contributed by atoms with Crippen molar-refractivity contribution in [1.82, 2.24) is 15.1 Å². The van der Waals surface area contributed by atoms with Crippen molar-refractivity contribution in [3.05, 3.63) is 51.6 Å². The lowest BCUT2D eigenvalue weighted by Crippen LogP contribution is -2.33. The molecule has 6 nitrogen and oxygen atoms in total. The van der Waals surface area contributed by atoms with Gasteiger partial charge >= 0.3 is 0 Å². The van der Waals surface area contributed by atoms with E-state index >= 15 is 0 Å². The zero-order chi connectivity index (χ0) is 19.2. The number of amides is 1. The van der Waals surface area contributed by atoms with E-state index < -0.39 is 0 Å². The first kappa shape index (κ1) is 19.8. The van der Waals surface area contributed by atoms with Crippen molar-refractivity contribution in [3.63, 3.8) is 0 Å². The normalized spacial score (nSPS) is 11.1. The van der Waals surface area contributed by atoms with Gasteiger partial charge in [0.25, 0.3) is 5.89 Å². The Morgan fingerprint density at radius 2 is 2.00 bits per heavy atom. The molecule has 0 atom stereocenters. The molecule has 0 saturated heterocycles. The number of hydrogen-bond acceptors (Lipinski definition) is 6. The Morgan fingerprint density at radius 1 is 1.22 bits per heavy atom. The van der Waals surface area contributed by atoms with Gasteiger partial charge in [-0.1, -0.05) is 42.3 Å². The topological polar surface area (TPSA) is 71.3 Å². The lowest BCUT2D eigenvalue weighted by Gasteiger charge is -2.19. The van der Waals surface area contributed by atoms with Crippen LogP contribution in [-0.2, 0) is 11.3 Å². The summed E-state index contributed by atoms with van der Waals surface area (Å²) in [4.78, 5) is 15.3. The lowest BCUT2D eigenvalue weighted by molar-refractivity contribution is -0.117. The molecule has 142 valence electrons. The molecule has 0 bridgehead atoms. The summed E-state index contributed by atoms with van der Waals surface area (Å²) in [6.07, 6.45) is 0.881. The maximum absolute atomic E-state index is 12.4. The quantitative estimate of drug-likeness (QED) is 0.553. The molecule has 0 radical (unpaired) electrons. The second-order valence-electron chi connectivity index (χ2n) is 5.83. The Morgan fingerprint density at radius 3 is 2.67 bits per heavy atom. The number of nitrogens with one attached hydrogen (secondary N) is 1. The van der Waals surface area contributed by atoms with Gasteiger partial charge in [0.1, 0.15) is 0 Å². The first-order valence-corrected chi connectivity index (χ1v) is 10.0. The fraction of sp³-hybridized carbons (Fsp3) is 0.278. The maximum Gasteiger partial charge on any atom is 0.257 e. The highest BCUT2D eigenvalue weighted by atomic mass is 35.5. The molecule has 0 spiro atoms. The molecule has 3 aromatic rings. The van der Waals surface area contributed by atoms with E-state index in [-0.39, 0.29) is 12.5 Å². The summed E-state index contributed by atoms with van der Waals surface area (Å²) in [5, 5.41) is 13.7. The number of para-hydroxylation sites is 1. The number of halogens is 2. The summed E-state index contributed by atoms with van der Waals surface area (Å²) in [6, 6.07) is 8.93. The fourth-order valence-corrected chi connectivity index (χ4v) is 3.67. The summed E-state index contributed by atoms with van der Waals surface area (Å²) in [7, 11) is 0. The molecule has 0 aliphatic rings. The standard InChI is InChI=1S/C18H18Cl2N4O2S/c1-2-8-24(10-15(25)21-17-12(19)5-3-6-13(17)20)11-16-22-23-18(26-16)14-7-4-9-27-14/h3-7,9H,2,8,10-11H2,1H3,(H,21,25). The van der Waals surface area contributed by atoms with Gasteiger partial charge in [0, 0.05) is 0 Å². The zero-order valence-corrected chi connectivity index (χ0v) is 16.9. The predicted molar refractivity (Wildman–Crippen MR) is 108 cm³/mol. The molecule has 9 heteroatoms. The number of carbonyl (C=O) groups is 1. The van der Waals surface area contributed by atoms with Crippen LogP contribution in [0.1, 0.15) is 19.2 Å². The van der Waals surface area contributed by atoms with Crippen molar-refractivity contribution in [3.8, 4) is 10.8 Å². The van der Waals surface area contributed by atoms with Gasteiger partial charge in [-0.15, -0.1) is 21.5 Å². The summed E-state index contributed by atoms with van der Waals surface area (Å²) in [6.45, 7) is 3.29. The van der Waals surface area contributed by atoms with E-state index in [1.165, 1.54) is 11.3 Å². The van der Waals surface area contributed by atoms with Crippen LogP contribution < -0.4 is 5.32 Å². The average Bonchev–Trinajstić information content (AvgIpc) is 3.30. The number of carbonyl (C=O) groups excluding carboxylic acids is 1. The van der Waals surface area contributed by atoms with Crippen molar-refractivity contribution in [2.45, 2.75) is 19.9 Å². The third-order valence-corrected chi connectivity index (χ3v) is 5.18. The van der Waals surface area contributed by atoms with Crippen molar-refractivity contribution < 1.29 is 9.21 Å². The van der Waals surface area contributed by atoms with Crippen LogP contribution in [0.3, 0.4) is 0 Å². The Hall–Kier alpha value is -1.93. The average molecular weight is 425 g/mol. The number of rotatable bonds is 8. The van der Waals surface area contributed by atoms with Gasteiger partial charge in [-0.2, -0.15) is 0 Å². The van der Waals surface area contributed by atoms with Gasteiger partial charge in [-0.3, -0.25) is 9.69 Å². The minimum Gasteiger partial charge on any atom is -0.419 e. The minimum atomic E-state index is -0.212. The van der Waals surface area contributed by atoms with Crippen LogP contribution in [0.5, 0.6) is 0 Å². The van der Waals surface area contributed by atoms with E-state index in [1.807, 2.05) is 29.3 Å². The molecule has 0 aliphatic carbocycles. The second-order valence-corrected chi connectivity index (χ2v) is 7.60. The molecule has 0 aliphatic heterocycles. The molecule has 1 amide bonds. The highest BCUT2D eigenvalue weighted by Crippen LogP contribution is 2.29. The van der Waals surface area contributed by atoms with Crippen molar-refractivity contribution in [1.29, 1.82) is 0 Å². The number of benzene rings is 1. The van der Waals surface area contributed by atoms with Crippen molar-refractivity contribution >= 4 is 46.1 Å². The van der Waals surface area contributed by atoms with Crippen LogP contribution in [0.4, 0.5) is 5.69 Å². The molecule has 0 fully saturated rings. The van der Waals surface area contributed by atoms with E-state index in [1.54, 1.807) is 18.2 Å². The number of anilines is 1. The van der Waals surface area contributed by atoms with E-state index in [4.69, 9.17) is 27.6 Å². The maximum atomic E-state index is 12.4. The second kappa shape index (κ2) is 9.32. The molecule has 27 heavy (non-hydrogen) atoms. The van der Waals surface area contributed by atoms with E-state index in [9.17, 15) is 4.79 Å². The smallest absolute Gasteiger partial charge is 0.257 e. The molecule has 2 aromatic heterocycles. The van der Waals surface area contributed by atoms with Gasteiger partial charge in [-0.05, 0) is 36.5 Å². The SMILES string of the molecule is CCCN(CC(=O)Nc1c(Cl)cccc1Cl)Cc1nnc(-c2cccs2)o1. The first-order chi connectivity index (χ1) is 13.1. The Balaban J connectivity index is 1.64. The van der Waals surface area contributed by atoms with Gasteiger partial charge in [0.2, 0.25) is 11.8 Å². The van der Waals surface area contributed by atoms with E-state index in [2.05, 4.69) is 15.5 Å².